The lowest BCUT2D eigenvalue weighted by molar-refractivity contribution is -0.137. The van der Waals surface area contributed by atoms with Crippen LogP contribution in [-0.2, 0) is 4.79 Å². The highest BCUT2D eigenvalue weighted by Crippen LogP contribution is 2.30. The van der Waals surface area contributed by atoms with Gasteiger partial charge in [0.15, 0.2) is 0 Å². The normalized spacial score (nSPS) is 22.4. The number of carbonyl (C=O) groups excluding carboxylic acids is 1. The molecule has 0 N–H and O–H groups in total. The van der Waals surface area contributed by atoms with Gasteiger partial charge in [-0.15, -0.1) is 0 Å². The third-order valence-corrected chi connectivity index (χ3v) is 6.35. The molecule has 2 fully saturated rings. The minimum Gasteiger partial charge on any atom is -0.339 e. The Hall–Kier alpha value is -1.88. The number of likely N-dealkylation sites (N-methyl/N-ethyl adjacent to an activating group) is 1. The average Bonchev–Trinajstić information content (AvgIpc) is 3.16. The van der Waals surface area contributed by atoms with E-state index in [0.717, 1.165) is 50.6 Å². The molecule has 2 aliphatic rings. The molecule has 0 spiro atoms. The quantitative estimate of drug-likeness (QED) is 0.787. The van der Waals surface area contributed by atoms with Crippen LogP contribution in [0.5, 0.6) is 0 Å². The molecule has 2 heterocycles. The van der Waals surface area contributed by atoms with Gasteiger partial charge in [0.2, 0.25) is 5.91 Å². The van der Waals surface area contributed by atoms with Gasteiger partial charge in [-0.1, -0.05) is 54.1 Å². The van der Waals surface area contributed by atoms with Crippen LogP contribution in [0.1, 0.15) is 30.0 Å². The van der Waals surface area contributed by atoms with Crippen molar-refractivity contribution in [2.45, 2.75) is 24.9 Å². The summed E-state index contributed by atoms with van der Waals surface area (Å²) in [5.74, 6) is 0.308. The standard InChI is InChI=1S/C23H28ClN3O/c1-25-13-5-8-21(25)23(28)27-16-14-26(15-17-27)22(18-6-3-2-4-7-18)19-9-11-20(24)12-10-19/h2-4,6-7,9-12,21-22H,5,8,13-17H2,1H3. The molecular formula is C23H28ClN3O. The number of likely N-dealkylation sites (tertiary alicyclic amines) is 1. The monoisotopic (exact) mass is 397 g/mol. The Balaban J connectivity index is 1.49. The maximum atomic E-state index is 12.9. The summed E-state index contributed by atoms with van der Waals surface area (Å²) in [5, 5.41) is 0.756. The van der Waals surface area contributed by atoms with E-state index in [1.807, 2.05) is 12.1 Å². The van der Waals surface area contributed by atoms with E-state index in [9.17, 15) is 4.79 Å². The maximum absolute atomic E-state index is 12.9. The molecule has 4 nitrogen and oxygen atoms in total. The second-order valence-electron chi connectivity index (χ2n) is 7.86. The van der Waals surface area contributed by atoms with Crippen molar-refractivity contribution in [2.75, 3.05) is 39.8 Å². The SMILES string of the molecule is CN1CCCC1C(=O)N1CCN(C(c2ccccc2)c2ccc(Cl)cc2)CC1. The van der Waals surface area contributed by atoms with Gasteiger partial charge in [-0.25, -0.2) is 0 Å². The fourth-order valence-electron chi connectivity index (χ4n) is 4.53. The van der Waals surface area contributed by atoms with Crippen molar-refractivity contribution < 1.29 is 4.79 Å². The van der Waals surface area contributed by atoms with E-state index < -0.39 is 0 Å². The summed E-state index contributed by atoms with van der Waals surface area (Å²) in [6.07, 6.45) is 2.12. The summed E-state index contributed by atoms with van der Waals surface area (Å²) < 4.78 is 0. The van der Waals surface area contributed by atoms with Gasteiger partial charge in [0, 0.05) is 31.2 Å². The topological polar surface area (TPSA) is 26.8 Å². The molecule has 2 saturated heterocycles. The Kier molecular flexibility index (Phi) is 6.00. The number of rotatable bonds is 4. The third kappa shape index (κ3) is 4.09. The molecule has 0 aliphatic carbocycles. The van der Waals surface area contributed by atoms with Crippen molar-refractivity contribution in [1.82, 2.24) is 14.7 Å². The average molecular weight is 398 g/mol. The van der Waals surface area contributed by atoms with Crippen molar-refractivity contribution in [3.63, 3.8) is 0 Å². The van der Waals surface area contributed by atoms with Gasteiger partial charge < -0.3 is 4.90 Å². The highest BCUT2D eigenvalue weighted by molar-refractivity contribution is 6.30. The van der Waals surface area contributed by atoms with E-state index in [4.69, 9.17) is 11.6 Å². The lowest BCUT2D eigenvalue weighted by Crippen LogP contribution is -2.53. The fraction of sp³-hybridized carbons (Fsp3) is 0.435. The predicted octanol–water partition coefficient (Wildman–Crippen LogP) is 3.67. The highest BCUT2D eigenvalue weighted by atomic mass is 35.5. The van der Waals surface area contributed by atoms with E-state index in [1.54, 1.807) is 0 Å². The molecule has 4 rings (SSSR count). The van der Waals surface area contributed by atoms with E-state index in [2.05, 4.69) is 64.2 Å². The number of hydrogen-bond donors (Lipinski definition) is 0. The first-order valence-corrected chi connectivity index (χ1v) is 10.5. The number of amides is 1. The highest BCUT2D eigenvalue weighted by Gasteiger charge is 2.34. The minimum absolute atomic E-state index is 0.0766. The number of piperazine rings is 1. The van der Waals surface area contributed by atoms with Crippen molar-refractivity contribution in [3.05, 3.63) is 70.7 Å². The van der Waals surface area contributed by atoms with Gasteiger partial charge in [0.25, 0.3) is 0 Å². The molecule has 28 heavy (non-hydrogen) atoms. The zero-order valence-electron chi connectivity index (χ0n) is 16.4. The third-order valence-electron chi connectivity index (χ3n) is 6.10. The second-order valence-corrected chi connectivity index (χ2v) is 8.30. The Labute approximate surface area is 172 Å². The number of hydrogen-bond acceptors (Lipinski definition) is 3. The van der Waals surface area contributed by atoms with Gasteiger partial charge in [0.05, 0.1) is 12.1 Å². The molecule has 2 unspecified atom stereocenters. The number of benzene rings is 2. The first-order valence-electron chi connectivity index (χ1n) is 10.2. The van der Waals surface area contributed by atoms with Crippen LogP contribution >= 0.6 is 11.6 Å². The first kappa shape index (κ1) is 19.4. The summed E-state index contributed by atoms with van der Waals surface area (Å²) in [6, 6.07) is 19.0. The van der Waals surface area contributed by atoms with Crippen molar-refractivity contribution in [3.8, 4) is 0 Å². The molecule has 0 aromatic heterocycles. The molecule has 0 bridgehead atoms. The predicted molar refractivity (Wildman–Crippen MR) is 114 cm³/mol. The number of halogens is 1. The molecule has 2 atom stereocenters. The lowest BCUT2D eigenvalue weighted by atomic mass is 9.96. The van der Waals surface area contributed by atoms with Crippen LogP contribution in [0.15, 0.2) is 54.6 Å². The van der Waals surface area contributed by atoms with Gasteiger partial charge >= 0.3 is 0 Å². The van der Waals surface area contributed by atoms with Gasteiger partial charge in [-0.2, -0.15) is 0 Å². The molecular weight excluding hydrogens is 370 g/mol. The largest absolute Gasteiger partial charge is 0.339 e. The zero-order chi connectivity index (χ0) is 19.5. The van der Waals surface area contributed by atoms with Gasteiger partial charge in [0.1, 0.15) is 0 Å². The summed E-state index contributed by atoms with van der Waals surface area (Å²) in [6.45, 7) is 4.37. The van der Waals surface area contributed by atoms with Crippen LogP contribution in [0.3, 0.4) is 0 Å². The Morgan fingerprint density at radius 3 is 2.18 bits per heavy atom. The maximum Gasteiger partial charge on any atom is 0.240 e. The Morgan fingerprint density at radius 1 is 0.929 bits per heavy atom. The summed E-state index contributed by atoms with van der Waals surface area (Å²) in [4.78, 5) is 19.7. The van der Waals surface area contributed by atoms with Gasteiger partial charge in [-0.05, 0) is 49.7 Å². The minimum atomic E-state index is 0.0766. The smallest absolute Gasteiger partial charge is 0.240 e. The summed E-state index contributed by atoms with van der Waals surface area (Å²) in [7, 11) is 2.07. The van der Waals surface area contributed by atoms with Gasteiger partial charge in [-0.3, -0.25) is 14.6 Å². The second kappa shape index (κ2) is 8.64. The van der Waals surface area contributed by atoms with Crippen LogP contribution in [-0.4, -0.2) is 66.4 Å². The van der Waals surface area contributed by atoms with Crippen molar-refractivity contribution in [2.24, 2.45) is 0 Å². The Morgan fingerprint density at radius 2 is 1.57 bits per heavy atom. The van der Waals surface area contributed by atoms with Crippen molar-refractivity contribution >= 4 is 17.5 Å². The van der Waals surface area contributed by atoms with E-state index in [0.29, 0.717) is 5.91 Å². The molecule has 2 aromatic rings. The van der Waals surface area contributed by atoms with Crippen LogP contribution in [0.2, 0.25) is 5.02 Å². The molecule has 2 aliphatic heterocycles. The van der Waals surface area contributed by atoms with Crippen LogP contribution in [0, 0.1) is 0 Å². The van der Waals surface area contributed by atoms with Crippen LogP contribution < -0.4 is 0 Å². The number of nitrogens with zero attached hydrogens (tertiary/aromatic N) is 3. The molecule has 5 heteroatoms. The first-order chi connectivity index (χ1) is 13.6. The van der Waals surface area contributed by atoms with Crippen molar-refractivity contribution in [1.29, 1.82) is 0 Å². The lowest BCUT2D eigenvalue weighted by Gasteiger charge is -2.41. The molecule has 1 amide bonds. The Bertz CT molecular complexity index is 787. The fourth-order valence-corrected chi connectivity index (χ4v) is 4.65. The molecule has 2 aromatic carbocycles. The van der Waals surface area contributed by atoms with Crippen LogP contribution in [0.4, 0.5) is 0 Å². The summed E-state index contributed by atoms with van der Waals surface area (Å²) >= 11 is 6.11. The number of carbonyl (C=O) groups is 1. The zero-order valence-corrected chi connectivity index (χ0v) is 17.2. The van der Waals surface area contributed by atoms with E-state index in [1.165, 1.54) is 11.1 Å². The van der Waals surface area contributed by atoms with E-state index in [-0.39, 0.29) is 12.1 Å². The molecule has 148 valence electrons. The molecule has 0 radical (unpaired) electrons. The van der Waals surface area contributed by atoms with Crippen LogP contribution in [0.25, 0.3) is 0 Å². The molecule has 0 saturated carbocycles. The summed E-state index contributed by atoms with van der Waals surface area (Å²) in [5.41, 5.74) is 2.52. The van der Waals surface area contributed by atoms with E-state index >= 15 is 0 Å².